The molecule has 3 rings (SSSR count). The molecule has 2 heterocycles. The number of thiophene rings is 1. The Labute approximate surface area is 131 Å². The molecule has 0 unspecified atom stereocenters. The van der Waals surface area contributed by atoms with Crippen LogP contribution in [0.5, 0.6) is 5.75 Å². The van der Waals surface area contributed by atoms with Crippen LogP contribution >= 0.6 is 11.3 Å². The third kappa shape index (κ3) is 3.12. The van der Waals surface area contributed by atoms with E-state index in [4.69, 9.17) is 4.74 Å². The van der Waals surface area contributed by atoms with Crippen molar-refractivity contribution >= 4 is 23.2 Å². The number of amides is 1. The Morgan fingerprint density at radius 2 is 2.00 bits per heavy atom. The first-order valence-electron chi connectivity index (χ1n) is 6.92. The number of aromatic hydroxyl groups is 1. The molecule has 1 aliphatic rings. The largest absolute Gasteiger partial charge is 0.508 e. The van der Waals surface area contributed by atoms with Crippen LogP contribution in [-0.4, -0.2) is 35.0 Å². The van der Waals surface area contributed by atoms with Gasteiger partial charge in [0.2, 0.25) is 0 Å². The van der Waals surface area contributed by atoms with E-state index in [9.17, 15) is 14.7 Å². The van der Waals surface area contributed by atoms with Crippen molar-refractivity contribution in [2.45, 2.75) is 13.0 Å². The lowest BCUT2D eigenvalue weighted by atomic mass is 10.1. The van der Waals surface area contributed by atoms with Crippen molar-refractivity contribution in [1.29, 1.82) is 0 Å². The van der Waals surface area contributed by atoms with Crippen molar-refractivity contribution in [3.8, 4) is 5.75 Å². The van der Waals surface area contributed by atoms with Gasteiger partial charge in [0.05, 0.1) is 5.56 Å². The van der Waals surface area contributed by atoms with Crippen LogP contribution in [0.25, 0.3) is 0 Å². The van der Waals surface area contributed by atoms with Gasteiger partial charge in [-0.3, -0.25) is 4.79 Å². The molecule has 5 nitrogen and oxygen atoms in total. The van der Waals surface area contributed by atoms with Crippen LogP contribution in [0.4, 0.5) is 0 Å². The van der Waals surface area contributed by atoms with E-state index in [1.54, 1.807) is 16.2 Å². The fourth-order valence-electron chi connectivity index (χ4n) is 2.36. The fourth-order valence-corrected chi connectivity index (χ4v) is 3.25. The molecule has 6 heteroatoms. The number of fused-ring (bicyclic) bond motifs is 1. The molecular formula is C16H15NO4S. The average molecular weight is 317 g/mol. The van der Waals surface area contributed by atoms with Crippen LogP contribution in [0.1, 0.15) is 20.8 Å². The van der Waals surface area contributed by atoms with E-state index in [0.29, 0.717) is 18.7 Å². The maximum atomic E-state index is 12.1. The number of phenols is 1. The standard InChI is InChI=1S/C16H15NO4S/c18-13-3-1-11(2-4-13)16(20)21-10-15(19)17-7-5-14-12(9-17)6-8-22-14/h1-4,6,8,18H,5,7,9-10H2. The molecule has 0 saturated heterocycles. The molecule has 0 radical (unpaired) electrons. The summed E-state index contributed by atoms with van der Waals surface area (Å²) >= 11 is 1.71. The van der Waals surface area contributed by atoms with Crippen molar-refractivity contribution in [2.75, 3.05) is 13.2 Å². The molecule has 22 heavy (non-hydrogen) atoms. The molecule has 0 atom stereocenters. The SMILES string of the molecule is O=C(OCC(=O)N1CCc2sccc2C1)c1ccc(O)cc1. The molecule has 1 amide bonds. The zero-order valence-electron chi connectivity index (χ0n) is 11.8. The molecule has 0 spiro atoms. The molecule has 0 saturated carbocycles. The van der Waals surface area contributed by atoms with E-state index >= 15 is 0 Å². The Bertz CT molecular complexity index is 692. The molecule has 0 fully saturated rings. The summed E-state index contributed by atoms with van der Waals surface area (Å²) in [5.41, 5.74) is 1.49. The molecule has 1 aromatic heterocycles. The topological polar surface area (TPSA) is 66.8 Å². The molecule has 1 N–H and O–H groups in total. The monoisotopic (exact) mass is 317 g/mol. The number of carbonyl (C=O) groups excluding carboxylic acids is 2. The first-order valence-corrected chi connectivity index (χ1v) is 7.80. The van der Waals surface area contributed by atoms with Crippen molar-refractivity contribution in [1.82, 2.24) is 4.90 Å². The number of nitrogens with zero attached hydrogens (tertiary/aromatic N) is 1. The second-order valence-electron chi connectivity index (χ2n) is 5.06. The van der Waals surface area contributed by atoms with E-state index in [1.165, 1.54) is 34.7 Å². The maximum absolute atomic E-state index is 12.1. The lowest BCUT2D eigenvalue weighted by Gasteiger charge is -2.26. The van der Waals surface area contributed by atoms with E-state index in [1.807, 2.05) is 11.4 Å². The highest BCUT2D eigenvalue weighted by Gasteiger charge is 2.22. The zero-order valence-corrected chi connectivity index (χ0v) is 12.6. The van der Waals surface area contributed by atoms with Crippen molar-refractivity contribution in [2.24, 2.45) is 0 Å². The first kappa shape index (κ1) is 14.6. The summed E-state index contributed by atoms with van der Waals surface area (Å²) in [6, 6.07) is 7.76. The van der Waals surface area contributed by atoms with E-state index in [2.05, 4.69) is 0 Å². The maximum Gasteiger partial charge on any atom is 0.338 e. The van der Waals surface area contributed by atoms with E-state index < -0.39 is 5.97 Å². The molecule has 1 aromatic carbocycles. The van der Waals surface area contributed by atoms with Crippen LogP contribution in [0.3, 0.4) is 0 Å². The molecule has 0 bridgehead atoms. The lowest BCUT2D eigenvalue weighted by molar-refractivity contribution is -0.135. The minimum atomic E-state index is -0.568. The second kappa shape index (κ2) is 6.19. The Morgan fingerprint density at radius 3 is 2.77 bits per heavy atom. The van der Waals surface area contributed by atoms with Gasteiger partial charge in [0.15, 0.2) is 6.61 Å². The quantitative estimate of drug-likeness (QED) is 0.881. The van der Waals surface area contributed by atoms with Crippen LogP contribution in [0.15, 0.2) is 35.7 Å². The smallest absolute Gasteiger partial charge is 0.338 e. The minimum Gasteiger partial charge on any atom is -0.508 e. The van der Waals surface area contributed by atoms with Crippen molar-refractivity contribution < 1.29 is 19.4 Å². The van der Waals surface area contributed by atoms with Gasteiger partial charge >= 0.3 is 5.97 Å². The Kier molecular flexibility index (Phi) is 4.11. The van der Waals surface area contributed by atoms with Gasteiger partial charge in [0.25, 0.3) is 5.91 Å². The predicted octanol–water partition coefficient (Wildman–Crippen LogP) is 2.20. The summed E-state index contributed by atoms with van der Waals surface area (Å²) in [6.07, 6.45) is 0.852. The summed E-state index contributed by atoms with van der Waals surface area (Å²) < 4.78 is 5.04. The Balaban J connectivity index is 1.54. The third-order valence-electron chi connectivity index (χ3n) is 3.59. The number of phenolic OH excluding ortho intramolecular Hbond substituents is 1. The number of ether oxygens (including phenoxy) is 1. The van der Waals surface area contributed by atoms with Crippen molar-refractivity contribution in [3.05, 3.63) is 51.7 Å². The number of carbonyl (C=O) groups is 2. The van der Waals surface area contributed by atoms with Crippen LogP contribution in [0.2, 0.25) is 0 Å². The summed E-state index contributed by atoms with van der Waals surface area (Å²) in [5.74, 6) is -0.682. The zero-order chi connectivity index (χ0) is 15.5. The van der Waals surface area contributed by atoms with Gasteiger partial charge in [-0.1, -0.05) is 0 Å². The number of rotatable bonds is 3. The van der Waals surface area contributed by atoms with E-state index in [0.717, 1.165) is 6.42 Å². The normalized spacial score (nSPS) is 13.5. The van der Waals surface area contributed by atoms with Gasteiger partial charge in [-0.2, -0.15) is 0 Å². The molecular weight excluding hydrogens is 302 g/mol. The van der Waals surface area contributed by atoms with Crippen LogP contribution in [0, 0.1) is 0 Å². The average Bonchev–Trinajstić information content (AvgIpc) is 3.00. The number of hydrogen-bond acceptors (Lipinski definition) is 5. The summed E-state index contributed by atoms with van der Waals surface area (Å²) in [6.45, 7) is 0.969. The fraction of sp³-hybridized carbons (Fsp3) is 0.250. The molecule has 1 aliphatic heterocycles. The number of hydrogen-bond donors (Lipinski definition) is 1. The highest BCUT2D eigenvalue weighted by Crippen LogP contribution is 2.24. The van der Waals surface area contributed by atoms with Gasteiger partial charge in [0.1, 0.15) is 5.75 Å². The molecule has 114 valence electrons. The third-order valence-corrected chi connectivity index (χ3v) is 4.61. The molecule has 0 aliphatic carbocycles. The first-order chi connectivity index (χ1) is 10.6. The highest BCUT2D eigenvalue weighted by atomic mass is 32.1. The Hall–Kier alpha value is -2.34. The number of esters is 1. The lowest BCUT2D eigenvalue weighted by Crippen LogP contribution is -2.38. The van der Waals surface area contributed by atoms with Crippen LogP contribution in [-0.2, 0) is 22.5 Å². The highest BCUT2D eigenvalue weighted by molar-refractivity contribution is 7.10. The van der Waals surface area contributed by atoms with Gasteiger partial charge < -0.3 is 14.7 Å². The Morgan fingerprint density at radius 1 is 1.23 bits per heavy atom. The summed E-state index contributed by atoms with van der Waals surface area (Å²) in [7, 11) is 0. The number of benzene rings is 1. The van der Waals surface area contributed by atoms with Gasteiger partial charge in [0, 0.05) is 18.0 Å². The van der Waals surface area contributed by atoms with Gasteiger partial charge in [-0.15, -0.1) is 11.3 Å². The van der Waals surface area contributed by atoms with Crippen LogP contribution < -0.4 is 0 Å². The van der Waals surface area contributed by atoms with Gasteiger partial charge in [-0.05, 0) is 47.7 Å². The second-order valence-corrected chi connectivity index (χ2v) is 6.06. The van der Waals surface area contributed by atoms with E-state index in [-0.39, 0.29) is 18.3 Å². The van der Waals surface area contributed by atoms with Gasteiger partial charge in [-0.25, -0.2) is 4.79 Å². The summed E-state index contributed by atoms with van der Waals surface area (Å²) in [5, 5.41) is 11.2. The summed E-state index contributed by atoms with van der Waals surface area (Å²) in [4.78, 5) is 27.0. The molecule has 2 aromatic rings. The predicted molar refractivity (Wildman–Crippen MR) is 81.8 cm³/mol. The minimum absolute atomic E-state index is 0.0764. The van der Waals surface area contributed by atoms with Crippen molar-refractivity contribution in [3.63, 3.8) is 0 Å².